The maximum Gasteiger partial charge on any atom is 0.159 e. The summed E-state index contributed by atoms with van der Waals surface area (Å²) in [5, 5.41) is 4.42. The van der Waals surface area contributed by atoms with E-state index >= 15 is 0 Å². The fraction of sp³-hybridized carbons (Fsp3) is 0.263. The molecule has 3 heterocycles. The molecule has 0 saturated carbocycles. The Labute approximate surface area is 144 Å². The number of aromatic nitrogens is 3. The minimum Gasteiger partial charge on any atom is -0.369 e. The lowest BCUT2D eigenvalue weighted by molar-refractivity contribution is 0.485. The van der Waals surface area contributed by atoms with Gasteiger partial charge in [0.15, 0.2) is 11.6 Å². The summed E-state index contributed by atoms with van der Waals surface area (Å²) in [6, 6.07) is 8.06. The topological polar surface area (TPSA) is 34.0 Å². The number of piperidine rings is 1. The van der Waals surface area contributed by atoms with Crippen molar-refractivity contribution in [2.45, 2.75) is 18.8 Å². The Bertz CT molecular complexity index is 855. The van der Waals surface area contributed by atoms with Gasteiger partial charge in [-0.25, -0.2) is 13.5 Å². The van der Waals surface area contributed by atoms with Crippen LogP contribution in [0.1, 0.15) is 24.3 Å². The second-order valence-corrected chi connectivity index (χ2v) is 6.28. The highest BCUT2D eigenvalue weighted by Crippen LogP contribution is 2.31. The summed E-state index contributed by atoms with van der Waals surface area (Å²) >= 11 is 0. The van der Waals surface area contributed by atoms with Crippen molar-refractivity contribution in [2.24, 2.45) is 0 Å². The van der Waals surface area contributed by atoms with E-state index in [0.717, 1.165) is 42.9 Å². The molecule has 1 saturated heterocycles. The van der Waals surface area contributed by atoms with Crippen LogP contribution in [0, 0.1) is 11.6 Å². The van der Waals surface area contributed by atoms with Gasteiger partial charge in [-0.05, 0) is 48.6 Å². The number of benzene rings is 1. The van der Waals surface area contributed by atoms with Gasteiger partial charge < -0.3 is 4.90 Å². The average molecular weight is 340 g/mol. The van der Waals surface area contributed by atoms with E-state index in [-0.39, 0.29) is 5.92 Å². The number of halogens is 2. The van der Waals surface area contributed by atoms with Crippen molar-refractivity contribution in [3.63, 3.8) is 0 Å². The van der Waals surface area contributed by atoms with E-state index in [1.165, 1.54) is 12.1 Å². The zero-order valence-corrected chi connectivity index (χ0v) is 13.6. The van der Waals surface area contributed by atoms with Gasteiger partial charge in [0, 0.05) is 25.5 Å². The SMILES string of the molecule is Fc1ccc(C2CCN(c3cnn(-c4ccncc4)c3)CC2)cc1F. The third kappa shape index (κ3) is 3.24. The minimum atomic E-state index is -0.787. The fourth-order valence-corrected chi connectivity index (χ4v) is 3.35. The van der Waals surface area contributed by atoms with Crippen molar-refractivity contribution >= 4 is 5.69 Å². The van der Waals surface area contributed by atoms with Gasteiger partial charge in [0.25, 0.3) is 0 Å². The van der Waals surface area contributed by atoms with Gasteiger partial charge in [-0.1, -0.05) is 6.07 Å². The number of pyridine rings is 1. The van der Waals surface area contributed by atoms with Crippen molar-refractivity contribution < 1.29 is 8.78 Å². The summed E-state index contributed by atoms with van der Waals surface area (Å²) in [7, 11) is 0. The molecule has 0 radical (unpaired) electrons. The number of nitrogens with zero attached hydrogens (tertiary/aromatic N) is 4. The molecule has 0 bridgehead atoms. The van der Waals surface area contributed by atoms with Crippen molar-refractivity contribution in [1.29, 1.82) is 0 Å². The monoisotopic (exact) mass is 340 g/mol. The van der Waals surface area contributed by atoms with Crippen molar-refractivity contribution in [3.8, 4) is 5.69 Å². The number of anilines is 1. The van der Waals surface area contributed by atoms with Crippen LogP contribution in [0.4, 0.5) is 14.5 Å². The first-order valence-electron chi connectivity index (χ1n) is 8.36. The first kappa shape index (κ1) is 15.7. The minimum absolute atomic E-state index is 0.265. The molecule has 4 nitrogen and oxygen atoms in total. The maximum absolute atomic E-state index is 13.4. The van der Waals surface area contributed by atoms with Gasteiger partial charge in [-0.3, -0.25) is 4.98 Å². The van der Waals surface area contributed by atoms with Gasteiger partial charge in [-0.15, -0.1) is 0 Å². The lowest BCUT2D eigenvalue weighted by Crippen LogP contribution is -2.32. The van der Waals surface area contributed by atoms with Crippen molar-refractivity contribution in [3.05, 3.63) is 72.3 Å². The van der Waals surface area contributed by atoms with Crippen LogP contribution in [-0.2, 0) is 0 Å². The van der Waals surface area contributed by atoms with Crippen molar-refractivity contribution in [1.82, 2.24) is 14.8 Å². The molecule has 1 aliphatic rings. The fourth-order valence-electron chi connectivity index (χ4n) is 3.35. The van der Waals surface area contributed by atoms with Crippen LogP contribution in [0.2, 0.25) is 0 Å². The Balaban J connectivity index is 1.44. The van der Waals surface area contributed by atoms with Crippen LogP contribution >= 0.6 is 0 Å². The van der Waals surface area contributed by atoms with Gasteiger partial charge in [0.1, 0.15) is 0 Å². The Morgan fingerprint density at radius 1 is 0.920 bits per heavy atom. The molecule has 2 aromatic heterocycles. The quantitative estimate of drug-likeness (QED) is 0.724. The lowest BCUT2D eigenvalue weighted by atomic mass is 9.89. The highest BCUT2D eigenvalue weighted by molar-refractivity contribution is 5.45. The van der Waals surface area contributed by atoms with Crippen LogP contribution in [0.5, 0.6) is 0 Å². The van der Waals surface area contributed by atoms with Gasteiger partial charge in [0.2, 0.25) is 0 Å². The molecule has 0 spiro atoms. The molecule has 0 unspecified atom stereocenters. The van der Waals surface area contributed by atoms with Crippen LogP contribution in [0.25, 0.3) is 5.69 Å². The zero-order valence-electron chi connectivity index (χ0n) is 13.6. The van der Waals surface area contributed by atoms with E-state index in [1.54, 1.807) is 18.5 Å². The predicted molar refractivity (Wildman–Crippen MR) is 91.9 cm³/mol. The molecule has 3 aromatic rings. The van der Waals surface area contributed by atoms with Crippen LogP contribution in [-0.4, -0.2) is 27.9 Å². The first-order valence-corrected chi connectivity index (χ1v) is 8.36. The molecule has 1 aromatic carbocycles. The predicted octanol–water partition coefficient (Wildman–Crippen LogP) is 3.93. The molecule has 0 aliphatic carbocycles. The summed E-state index contributed by atoms with van der Waals surface area (Å²) in [6.45, 7) is 1.73. The summed E-state index contributed by atoms with van der Waals surface area (Å²) in [6.07, 6.45) is 9.16. The molecule has 6 heteroatoms. The lowest BCUT2D eigenvalue weighted by Gasteiger charge is -2.32. The molecule has 0 atom stereocenters. The standard InChI is InChI=1S/C19H18F2N4/c20-18-2-1-15(11-19(18)21)14-5-9-24(10-6-14)17-12-23-25(13-17)16-3-7-22-8-4-16/h1-4,7-8,11-14H,5-6,9-10H2. The van der Waals surface area contributed by atoms with Gasteiger partial charge in [-0.2, -0.15) is 5.10 Å². The average Bonchev–Trinajstić information content (AvgIpc) is 3.15. The highest BCUT2D eigenvalue weighted by atomic mass is 19.2. The second kappa shape index (κ2) is 6.63. The van der Waals surface area contributed by atoms with E-state index in [0.29, 0.717) is 0 Å². The van der Waals surface area contributed by atoms with Gasteiger partial charge in [0.05, 0.1) is 23.8 Å². The molecule has 128 valence electrons. The van der Waals surface area contributed by atoms with Crippen LogP contribution < -0.4 is 4.90 Å². The second-order valence-electron chi connectivity index (χ2n) is 6.28. The Morgan fingerprint density at radius 2 is 1.68 bits per heavy atom. The molecule has 1 fully saturated rings. The highest BCUT2D eigenvalue weighted by Gasteiger charge is 2.22. The summed E-state index contributed by atoms with van der Waals surface area (Å²) < 4.78 is 28.4. The van der Waals surface area contributed by atoms with E-state index in [2.05, 4.69) is 15.0 Å². The molecular formula is C19H18F2N4. The summed E-state index contributed by atoms with van der Waals surface area (Å²) in [4.78, 5) is 6.29. The number of hydrogen-bond acceptors (Lipinski definition) is 3. The van der Waals surface area contributed by atoms with E-state index in [1.807, 2.05) is 29.2 Å². The van der Waals surface area contributed by atoms with E-state index in [4.69, 9.17) is 0 Å². The Morgan fingerprint density at radius 3 is 2.40 bits per heavy atom. The third-order valence-electron chi connectivity index (χ3n) is 4.77. The molecule has 25 heavy (non-hydrogen) atoms. The van der Waals surface area contributed by atoms with Crippen LogP contribution in [0.3, 0.4) is 0 Å². The molecule has 1 aliphatic heterocycles. The molecule has 4 rings (SSSR count). The Hall–Kier alpha value is -2.76. The van der Waals surface area contributed by atoms with E-state index in [9.17, 15) is 8.78 Å². The largest absolute Gasteiger partial charge is 0.369 e. The number of hydrogen-bond donors (Lipinski definition) is 0. The molecular weight excluding hydrogens is 322 g/mol. The normalized spacial score (nSPS) is 15.5. The maximum atomic E-state index is 13.4. The van der Waals surface area contributed by atoms with E-state index < -0.39 is 11.6 Å². The summed E-state index contributed by atoms with van der Waals surface area (Å²) in [5.41, 5.74) is 2.92. The zero-order chi connectivity index (χ0) is 17.2. The number of rotatable bonds is 3. The van der Waals surface area contributed by atoms with Crippen molar-refractivity contribution in [2.75, 3.05) is 18.0 Å². The molecule has 0 amide bonds. The van der Waals surface area contributed by atoms with Crippen LogP contribution in [0.15, 0.2) is 55.1 Å². The first-order chi connectivity index (χ1) is 12.2. The molecule has 0 N–H and O–H groups in total. The third-order valence-corrected chi connectivity index (χ3v) is 4.77. The Kier molecular flexibility index (Phi) is 4.17. The smallest absolute Gasteiger partial charge is 0.159 e. The summed E-state index contributed by atoms with van der Waals surface area (Å²) in [5.74, 6) is -1.29. The van der Waals surface area contributed by atoms with Gasteiger partial charge >= 0.3 is 0 Å².